The average Bonchev–Trinajstić information content (AvgIpc) is 2.07. The molecule has 0 amide bonds. The fraction of sp³-hybridized carbons (Fsp3) is 0.333. The summed E-state index contributed by atoms with van der Waals surface area (Å²) >= 11 is 0.636. The van der Waals surface area contributed by atoms with E-state index in [0.717, 1.165) is 0 Å². The van der Waals surface area contributed by atoms with Gasteiger partial charge >= 0.3 is 77.9 Å². The van der Waals surface area contributed by atoms with Crippen molar-refractivity contribution >= 4 is 28.5 Å². The Kier molecular flexibility index (Phi) is 4.76. The van der Waals surface area contributed by atoms with E-state index in [1.165, 1.54) is 16.6 Å². The Hall–Kier alpha value is 0.0895. The molecule has 11 heavy (non-hydrogen) atoms. The summed E-state index contributed by atoms with van der Waals surface area (Å²) < 4.78 is 1.50. The molecule has 0 fully saturated rings. The van der Waals surface area contributed by atoms with Gasteiger partial charge in [0, 0.05) is 0 Å². The minimum absolute atomic E-state index is 0.636. The van der Waals surface area contributed by atoms with E-state index >= 15 is 0 Å². The molecular weight excluding hydrogens is 219 g/mol. The zero-order valence-corrected chi connectivity index (χ0v) is 9.15. The molecule has 1 aromatic rings. The Balaban J connectivity index is 2.28. The second kappa shape index (κ2) is 5.70. The predicted molar refractivity (Wildman–Crippen MR) is 54.6 cm³/mol. The van der Waals surface area contributed by atoms with Crippen molar-refractivity contribution in [2.24, 2.45) is 0 Å². The van der Waals surface area contributed by atoms with Gasteiger partial charge in [0.05, 0.1) is 0 Å². The van der Waals surface area contributed by atoms with Gasteiger partial charge < -0.3 is 0 Å². The van der Waals surface area contributed by atoms with E-state index < -0.39 is 0 Å². The van der Waals surface area contributed by atoms with Crippen molar-refractivity contribution in [2.45, 2.75) is 13.3 Å². The van der Waals surface area contributed by atoms with Gasteiger partial charge in [-0.05, 0) is 0 Å². The van der Waals surface area contributed by atoms with Crippen LogP contribution in [-0.4, -0.2) is 19.6 Å². The Morgan fingerprint density at radius 2 is 2.00 bits per heavy atom. The van der Waals surface area contributed by atoms with Crippen LogP contribution in [0.4, 0.5) is 0 Å². The monoisotopic (exact) mass is 232 g/mol. The van der Waals surface area contributed by atoms with Crippen molar-refractivity contribution in [3.05, 3.63) is 30.3 Å². The van der Waals surface area contributed by atoms with E-state index in [9.17, 15) is 0 Å². The van der Waals surface area contributed by atoms with E-state index in [1.54, 1.807) is 0 Å². The van der Waals surface area contributed by atoms with Crippen LogP contribution in [0.25, 0.3) is 0 Å². The Labute approximate surface area is 78.0 Å². The quantitative estimate of drug-likeness (QED) is 0.564. The Bertz CT molecular complexity index is 186. The van der Waals surface area contributed by atoms with Gasteiger partial charge in [0.2, 0.25) is 0 Å². The molecule has 2 heteroatoms. The van der Waals surface area contributed by atoms with Gasteiger partial charge in [0.1, 0.15) is 0 Å². The molecule has 60 valence electrons. The second-order valence-corrected chi connectivity index (χ2v) is 6.55. The number of hydrogen-bond acceptors (Lipinski definition) is 1. The first-order valence-electron chi connectivity index (χ1n) is 3.78. The zero-order chi connectivity index (χ0) is 7.94. The predicted octanol–water partition coefficient (Wildman–Crippen LogP) is 2.07. The maximum atomic E-state index is 2.23. The molecule has 0 nitrogen and oxygen atoms in total. The summed E-state index contributed by atoms with van der Waals surface area (Å²) in [7, 11) is 2.07. The Morgan fingerprint density at radius 3 is 2.64 bits per heavy atom. The molecular formula is C9H12SSe. The molecule has 0 saturated heterocycles. The van der Waals surface area contributed by atoms with Gasteiger partial charge in [-0.3, -0.25) is 0 Å². The molecule has 0 radical (unpaired) electrons. The average molecular weight is 231 g/mol. The third-order valence-electron chi connectivity index (χ3n) is 1.19. The van der Waals surface area contributed by atoms with E-state index in [-0.39, 0.29) is 0 Å². The molecule has 1 aromatic carbocycles. The summed E-state index contributed by atoms with van der Waals surface area (Å²) in [6, 6.07) is 10.7. The number of hydrogen-bond donors (Lipinski definition) is 0. The van der Waals surface area contributed by atoms with Gasteiger partial charge in [-0.2, -0.15) is 0 Å². The molecule has 0 aromatic heterocycles. The molecule has 0 unspecified atom stereocenters. The SMILES string of the molecule is CCCS[Se]c1ccccc1. The van der Waals surface area contributed by atoms with Crippen molar-refractivity contribution in [2.75, 3.05) is 5.75 Å². The molecule has 0 aliphatic rings. The molecule has 1 rings (SSSR count). The standard InChI is InChI=1S/C9H12SSe/c1-2-8-10-11-9-6-4-3-5-7-9/h3-7H,2,8H2,1H3. The van der Waals surface area contributed by atoms with Crippen LogP contribution in [0.5, 0.6) is 0 Å². The van der Waals surface area contributed by atoms with Crippen molar-refractivity contribution in [3.63, 3.8) is 0 Å². The van der Waals surface area contributed by atoms with Crippen LogP contribution in [0.1, 0.15) is 13.3 Å². The minimum atomic E-state index is 0.636. The van der Waals surface area contributed by atoms with Crippen LogP contribution >= 0.6 is 10.2 Å². The maximum absolute atomic E-state index is 2.23. The third kappa shape index (κ3) is 3.85. The first-order chi connectivity index (χ1) is 5.43. The molecule has 0 aliphatic heterocycles. The fourth-order valence-electron chi connectivity index (χ4n) is 0.669. The van der Waals surface area contributed by atoms with Crippen LogP contribution in [0.3, 0.4) is 0 Å². The first kappa shape index (κ1) is 9.18. The summed E-state index contributed by atoms with van der Waals surface area (Å²) in [6.45, 7) is 2.23. The van der Waals surface area contributed by atoms with Gasteiger partial charge in [0.15, 0.2) is 0 Å². The number of benzene rings is 1. The van der Waals surface area contributed by atoms with Crippen LogP contribution < -0.4 is 4.46 Å². The van der Waals surface area contributed by atoms with Gasteiger partial charge in [-0.15, -0.1) is 0 Å². The van der Waals surface area contributed by atoms with Crippen LogP contribution in [0.15, 0.2) is 30.3 Å². The van der Waals surface area contributed by atoms with Crippen molar-refractivity contribution in [3.8, 4) is 0 Å². The molecule has 0 atom stereocenters. The normalized spacial score (nSPS) is 9.91. The van der Waals surface area contributed by atoms with E-state index in [2.05, 4.69) is 47.4 Å². The summed E-state index contributed by atoms with van der Waals surface area (Å²) in [5.74, 6) is 1.30. The fourth-order valence-corrected chi connectivity index (χ4v) is 4.63. The molecule has 0 N–H and O–H groups in total. The molecule has 0 bridgehead atoms. The van der Waals surface area contributed by atoms with Crippen LogP contribution in [0.2, 0.25) is 0 Å². The first-order valence-corrected chi connectivity index (χ1v) is 7.64. The van der Waals surface area contributed by atoms with Crippen LogP contribution in [-0.2, 0) is 0 Å². The second-order valence-electron chi connectivity index (χ2n) is 2.22. The van der Waals surface area contributed by atoms with Crippen molar-refractivity contribution in [1.29, 1.82) is 0 Å². The van der Waals surface area contributed by atoms with Gasteiger partial charge in [-0.1, -0.05) is 0 Å². The molecule has 0 saturated carbocycles. The van der Waals surface area contributed by atoms with Crippen molar-refractivity contribution in [1.82, 2.24) is 0 Å². The molecule has 0 heterocycles. The Morgan fingerprint density at radius 1 is 1.27 bits per heavy atom. The zero-order valence-electron chi connectivity index (χ0n) is 6.62. The van der Waals surface area contributed by atoms with E-state index in [1.807, 2.05) is 0 Å². The van der Waals surface area contributed by atoms with Gasteiger partial charge in [-0.25, -0.2) is 0 Å². The third-order valence-corrected chi connectivity index (χ3v) is 5.64. The summed E-state index contributed by atoms with van der Waals surface area (Å²) in [6.07, 6.45) is 1.29. The van der Waals surface area contributed by atoms with Gasteiger partial charge in [0.25, 0.3) is 0 Å². The molecule has 0 aliphatic carbocycles. The summed E-state index contributed by atoms with van der Waals surface area (Å²) in [4.78, 5) is 0. The van der Waals surface area contributed by atoms with Crippen LogP contribution in [0, 0.1) is 0 Å². The summed E-state index contributed by atoms with van der Waals surface area (Å²) in [5, 5.41) is 0. The summed E-state index contributed by atoms with van der Waals surface area (Å²) in [5.41, 5.74) is 0. The molecule has 0 spiro atoms. The van der Waals surface area contributed by atoms with Crippen molar-refractivity contribution < 1.29 is 0 Å². The topological polar surface area (TPSA) is 0 Å². The van der Waals surface area contributed by atoms with E-state index in [0.29, 0.717) is 13.8 Å². The number of rotatable bonds is 4. The van der Waals surface area contributed by atoms with E-state index in [4.69, 9.17) is 0 Å².